The molecule has 0 heterocycles. The van der Waals surface area contributed by atoms with Gasteiger partial charge in [-0.15, -0.1) is 0 Å². The molecule has 0 aliphatic heterocycles. The van der Waals surface area contributed by atoms with Crippen molar-refractivity contribution in [2.24, 2.45) is 0 Å². The molecule has 56 valence electrons. The van der Waals surface area contributed by atoms with E-state index in [1.54, 1.807) is 31.2 Å². The van der Waals surface area contributed by atoms with Crippen LogP contribution in [0.3, 0.4) is 0 Å². The molecule has 0 saturated carbocycles. The van der Waals surface area contributed by atoms with Crippen molar-refractivity contribution in [2.75, 3.05) is 0 Å². The van der Waals surface area contributed by atoms with Crippen LogP contribution in [-0.2, 0) is 11.1 Å². The molecular weight excluding hydrogens is 148 g/mol. The van der Waals surface area contributed by atoms with E-state index in [2.05, 4.69) is 6.58 Å². The van der Waals surface area contributed by atoms with Crippen LogP contribution in [0.15, 0.2) is 35.8 Å². The van der Waals surface area contributed by atoms with Gasteiger partial charge in [0.15, 0.2) is 11.1 Å². The van der Waals surface area contributed by atoms with Gasteiger partial charge in [0.1, 0.15) is 0 Å². The average Bonchev–Trinajstić information content (AvgIpc) is 1.89. The highest BCUT2D eigenvalue weighted by Gasteiger charge is 1.94. The second kappa shape index (κ2) is 5.14. The Morgan fingerprint density at radius 3 is 2.60 bits per heavy atom. The molecule has 0 aromatic heterocycles. The van der Waals surface area contributed by atoms with Crippen LogP contribution in [0.1, 0.15) is 6.92 Å². The van der Waals surface area contributed by atoms with E-state index in [0.717, 1.165) is 0 Å². The molecule has 0 aliphatic carbocycles. The van der Waals surface area contributed by atoms with Gasteiger partial charge in [0, 0.05) is 0 Å². The maximum absolute atomic E-state index is 10.4. The first-order chi connectivity index (χ1) is 4.72. The number of rotatable bonds is 3. The fraction of sp³-hybridized carbons (Fsp3) is 0.143. The summed E-state index contributed by atoms with van der Waals surface area (Å²) in [4.78, 5) is 0.389. The monoisotopic (exact) mass is 158 g/mol. The Morgan fingerprint density at radius 1 is 1.70 bits per heavy atom. The van der Waals surface area contributed by atoms with Gasteiger partial charge >= 0.3 is 0 Å². The third kappa shape index (κ3) is 3.37. The van der Waals surface area contributed by atoms with Crippen LogP contribution >= 0.6 is 0 Å². The van der Waals surface area contributed by atoms with Crippen LogP contribution in [0.2, 0.25) is 0 Å². The molecular formula is C7H10O2S. The van der Waals surface area contributed by atoms with Gasteiger partial charge in [0.05, 0.1) is 4.91 Å². The number of hydrogen-bond acceptors (Lipinski definition) is 1. The maximum atomic E-state index is 10.4. The van der Waals surface area contributed by atoms with Crippen molar-refractivity contribution in [3.63, 3.8) is 0 Å². The van der Waals surface area contributed by atoms with E-state index in [9.17, 15) is 4.21 Å². The van der Waals surface area contributed by atoms with E-state index in [4.69, 9.17) is 4.55 Å². The van der Waals surface area contributed by atoms with E-state index < -0.39 is 11.1 Å². The van der Waals surface area contributed by atoms with E-state index >= 15 is 0 Å². The van der Waals surface area contributed by atoms with Gasteiger partial charge in [0.25, 0.3) is 0 Å². The van der Waals surface area contributed by atoms with Gasteiger partial charge in [-0.1, -0.05) is 24.8 Å². The molecule has 0 aromatic rings. The van der Waals surface area contributed by atoms with Crippen molar-refractivity contribution in [3.05, 3.63) is 35.8 Å². The first-order valence-corrected chi connectivity index (χ1v) is 3.89. The van der Waals surface area contributed by atoms with Crippen LogP contribution in [0.5, 0.6) is 0 Å². The van der Waals surface area contributed by atoms with Crippen molar-refractivity contribution < 1.29 is 8.76 Å². The summed E-state index contributed by atoms with van der Waals surface area (Å²) >= 11 is -1.88. The van der Waals surface area contributed by atoms with Crippen LogP contribution in [0, 0.1) is 0 Å². The highest BCUT2D eigenvalue weighted by molar-refractivity contribution is 7.83. The van der Waals surface area contributed by atoms with Gasteiger partial charge in [-0.05, 0) is 13.0 Å². The van der Waals surface area contributed by atoms with Crippen molar-refractivity contribution >= 4 is 11.1 Å². The molecule has 0 radical (unpaired) electrons. The van der Waals surface area contributed by atoms with E-state index in [1.807, 2.05) is 0 Å². The summed E-state index contributed by atoms with van der Waals surface area (Å²) in [6.07, 6.45) is 6.29. The molecule has 0 aliphatic rings. The SMILES string of the molecule is C=C/C=C\C(=C/C)S(=O)O. The minimum atomic E-state index is -1.88. The van der Waals surface area contributed by atoms with Gasteiger partial charge in [-0.2, -0.15) is 0 Å². The second-order valence-electron chi connectivity index (χ2n) is 1.54. The lowest BCUT2D eigenvalue weighted by Gasteiger charge is -1.89. The summed E-state index contributed by atoms with van der Waals surface area (Å²) < 4.78 is 19.0. The molecule has 0 saturated heterocycles. The largest absolute Gasteiger partial charge is 0.302 e. The minimum Gasteiger partial charge on any atom is -0.302 e. The van der Waals surface area contributed by atoms with Crippen LogP contribution in [-0.4, -0.2) is 8.76 Å². The van der Waals surface area contributed by atoms with E-state index in [-0.39, 0.29) is 0 Å². The normalized spacial score (nSPS) is 15.6. The Labute approximate surface area is 63.2 Å². The molecule has 0 bridgehead atoms. The zero-order chi connectivity index (χ0) is 7.98. The highest BCUT2D eigenvalue weighted by Crippen LogP contribution is 2.00. The molecule has 1 N–H and O–H groups in total. The van der Waals surface area contributed by atoms with Gasteiger partial charge in [0.2, 0.25) is 0 Å². The quantitative estimate of drug-likeness (QED) is 0.502. The minimum absolute atomic E-state index is 0.389. The van der Waals surface area contributed by atoms with E-state index in [1.165, 1.54) is 0 Å². The van der Waals surface area contributed by atoms with Crippen LogP contribution in [0.4, 0.5) is 0 Å². The molecule has 0 fully saturated rings. The predicted molar refractivity (Wildman–Crippen MR) is 43.9 cm³/mol. The summed E-state index contributed by atoms with van der Waals surface area (Å²) in [7, 11) is 0. The topological polar surface area (TPSA) is 37.3 Å². The summed E-state index contributed by atoms with van der Waals surface area (Å²) in [6.45, 7) is 5.14. The van der Waals surface area contributed by atoms with Crippen molar-refractivity contribution in [1.29, 1.82) is 0 Å². The second-order valence-corrected chi connectivity index (χ2v) is 2.50. The predicted octanol–water partition coefficient (Wildman–Crippen LogP) is 1.85. The van der Waals surface area contributed by atoms with Crippen LogP contribution < -0.4 is 0 Å². The standard InChI is InChI=1S/C7H10O2S/c1-3-5-6-7(4-2)10(8)9/h3-6H,1H2,2H3,(H,8,9)/b6-5-,7-4+. The Morgan fingerprint density at radius 2 is 2.30 bits per heavy atom. The molecule has 0 spiro atoms. The summed E-state index contributed by atoms with van der Waals surface area (Å²) in [5.41, 5.74) is 0. The van der Waals surface area contributed by atoms with Crippen molar-refractivity contribution in [2.45, 2.75) is 6.92 Å². The molecule has 10 heavy (non-hydrogen) atoms. The van der Waals surface area contributed by atoms with Gasteiger partial charge < -0.3 is 4.55 Å². The molecule has 0 rings (SSSR count). The Hall–Kier alpha value is -0.670. The van der Waals surface area contributed by atoms with Crippen LogP contribution in [0.25, 0.3) is 0 Å². The first-order valence-electron chi connectivity index (χ1n) is 2.78. The fourth-order valence-corrected chi connectivity index (χ4v) is 0.815. The van der Waals surface area contributed by atoms with Gasteiger partial charge in [-0.3, -0.25) is 0 Å². The number of allylic oxidation sites excluding steroid dienone is 4. The zero-order valence-electron chi connectivity index (χ0n) is 5.78. The Bertz CT molecular complexity index is 192. The lowest BCUT2D eigenvalue weighted by molar-refractivity contribution is 0.572. The average molecular weight is 158 g/mol. The van der Waals surface area contributed by atoms with Crippen molar-refractivity contribution in [3.8, 4) is 0 Å². The summed E-state index contributed by atoms with van der Waals surface area (Å²) in [6, 6.07) is 0. The van der Waals surface area contributed by atoms with E-state index in [0.29, 0.717) is 4.91 Å². The fourth-order valence-electron chi connectivity index (χ4n) is 0.418. The third-order valence-electron chi connectivity index (χ3n) is 0.883. The summed E-state index contributed by atoms with van der Waals surface area (Å²) in [5.74, 6) is 0. The van der Waals surface area contributed by atoms with Crippen molar-refractivity contribution in [1.82, 2.24) is 0 Å². The molecule has 2 nitrogen and oxygen atoms in total. The lowest BCUT2D eigenvalue weighted by atomic mass is 10.4. The summed E-state index contributed by atoms with van der Waals surface area (Å²) in [5, 5.41) is 0. The Kier molecular flexibility index (Phi) is 4.80. The lowest BCUT2D eigenvalue weighted by Crippen LogP contribution is -1.87. The maximum Gasteiger partial charge on any atom is 0.186 e. The Balaban J connectivity index is 4.25. The van der Waals surface area contributed by atoms with Gasteiger partial charge in [-0.25, -0.2) is 4.21 Å². The smallest absolute Gasteiger partial charge is 0.186 e. The number of hydrogen-bond donors (Lipinski definition) is 1. The molecule has 0 amide bonds. The molecule has 0 aromatic carbocycles. The highest BCUT2D eigenvalue weighted by atomic mass is 32.2. The molecule has 1 atom stereocenters. The zero-order valence-corrected chi connectivity index (χ0v) is 6.60. The first kappa shape index (κ1) is 9.33. The third-order valence-corrected chi connectivity index (χ3v) is 1.66. The molecule has 3 heteroatoms. The molecule has 1 unspecified atom stereocenters.